The molecule has 0 radical (unpaired) electrons. The van der Waals surface area contributed by atoms with Gasteiger partial charge in [0.05, 0.1) is 18.3 Å². The van der Waals surface area contributed by atoms with E-state index in [0.29, 0.717) is 25.0 Å². The third kappa shape index (κ3) is 5.56. The van der Waals surface area contributed by atoms with Gasteiger partial charge in [0, 0.05) is 26.8 Å². The van der Waals surface area contributed by atoms with Crippen molar-refractivity contribution in [1.82, 2.24) is 15.8 Å². The minimum absolute atomic E-state index is 0.211. The molecule has 25 heavy (non-hydrogen) atoms. The molecule has 6 nitrogen and oxygen atoms in total. The number of methoxy groups -OCH3 is 1. The number of guanidine groups is 1. The quantitative estimate of drug-likeness (QED) is 0.594. The summed E-state index contributed by atoms with van der Waals surface area (Å²) in [4.78, 5) is 4.18. The Kier molecular flexibility index (Phi) is 6.94. The molecule has 1 aromatic carbocycles. The van der Waals surface area contributed by atoms with Gasteiger partial charge in [-0.3, -0.25) is 4.99 Å². The molecule has 0 bridgehead atoms. The van der Waals surface area contributed by atoms with E-state index in [1.165, 1.54) is 12.1 Å². The minimum atomic E-state index is -0.267. The van der Waals surface area contributed by atoms with E-state index in [9.17, 15) is 4.39 Å². The highest BCUT2D eigenvalue weighted by Gasteiger charge is 2.12. The summed E-state index contributed by atoms with van der Waals surface area (Å²) in [7, 11) is 3.31. The first-order valence-electron chi connectivity index (χ1n) is 8.21. The van der Waals surface area contributed by atoms with Crippen molar-refractivity contribution in [1.29, 1.82) is 0 Å². The van der Waals surface area contributed by atoms with Gasteiger partial charge in [-0.05, 0) is 23.6 Å². The molecular formula is C18H25FN4O2. The van der Waals surface area contributed by atoms with Gasteiger partial charge >= 0.3 is 0 Å². The summed E-state index contributed by atoms with van der Waals surface area (Å²) in [6.07, 6.45) is -0.211. The highest BCUT2D eigenvalue weighted by atomic mass is 19.1. The largest absolute Gasteiger partial charge is 0.375 e. The van der Waals surface area contributed by atoms with Gasteiger partial charge in [-0.1, -0.05) is 31.1 Å². The summed E-state index contributed by atoms with van der Waals surface area (Å²) in [6.45, 7) is 5.11. The van der Waals surface area contributed by atoms with Crippen LogP contribution in [0.15, 0.2) is 39.8 Å². The van der Waals surface area contributed by atoms with E-state index in [4.69, 9.17) is 9.26 Å². The molecule has 0 fully saturated rings. The zero-order valence-electron chi connectivity index (χ0n) is 15.0. The molecule has 0 saturated heterocycles. The van der Waals surface area contributed by atoms with Crippen molar-refractivity contribution in [3.05, 3.63) is 53.2 Å². The van der Waals surface area contributed by atoms with E-state index in [1.54, 1.807) is 26.3 Å². The molecule has 1 aromatic heterocycles. The van der Waals surface area contributed by atoms with Crippen molar-refractivity contribution < 1.29 is 13.7 Å². The van der Waals surface area contributed by atoms with Crippen LogP contribution >= 0.6 is 0 Å². The predicted molar refractivity (Wildman–Crippen MR) is 94.9 cm³/mol. The van der Waals surface area contributed by atoms with Gasteiger partial charge in [0.2, 0.25) is 0 Å². The number of ether oxygens (including phenoxy) is 1. The number of rotatable bonds is 7. The van der Waals surface area contributed by atoms with Crippen LogP contribution in [0.3, 0.4) is 0 Å². The van der Waals surface area contributed by atoms with Crippen molar-refractivity contribution >= 4 is 5.96 Å². The van der Waals surface area contributed by atoms with Crippen molar-refractivity contribution in [3.63, 3.8) is 0 Å². The van der Waals surface area contributed by atoms with Crippen LogP contribution in [0.4, 0.5) is 4.39 Å². The zero-order chi connectivity index (χ0) is 18.2. The van der Waals surface area contributed by atoms with E-state index in [2.05, 4.69) is 34.6 Å². The smallest absolute Gasteiger partial charge is 0.191 e. The molecule has 7 heteroatoms. The van der Waals surface area contributed by atoms with E-state index in [1.807, 2.05) is 6.07 Å². The third-order valence-electron chi connectivity index (χ3n) is 3.80. The second-order valence-electron chi connectivity index (χ2n) is 5.96. The van der Waals surface area contributed by atoms with E-state index >= 15 is 0 Å². The van der Waals surface area contributed by atoms with Gasteiger partial charge in [0.15, 0.2) is 11.7 Å². The van der Waals surface area contributed by atoms with Crippen LogP contribution < -0.4 is 10.6 Å². The van der Waals surface area contributed by atoms with Crippen molar-refractivity contribution in [2.24, 2.45) is 4.99 Å². The van der Waals surface area contributed by atoms with Gasteiger partial charge in [-0.25, -0.2) is 4.39 Å². The molecule has 1 heterocycles. The molecule has 1 atom stereocenters. The van der Waals surface area contributed by atoms with Gasteiger partial charge in [0.25, 0.3) is 0 Å². The Morgan fingerprint density at radius 3 is 2.56 bits per heavy atom. The highest BCUT2D eigenvalue weighted by Crippen LogP contribution is 2.16. The summed E-state index contributed by atoms with van der Waals surface area (Å²) >= 11 is 0. The Bertz CT molecular complexity index is 683. The maximum atomic E-state index is 13.0. The molecule has 0 saturated carbocycles. The number of aromatic nitrogens is 1. The fraction of sp³-hybridized carbons (Fsp3) is 0.444. The lowest BCUT2D eigenvalue weighted by Crippen LogP contribution is -2.39. The molecule has 0 aliphatic carbocycles. The number of nitrogens with zero attached hydrogens (tertiary/aromatic N) is 2. The highest BCUT2D eigenvalue weighted by molar-refractivity contribution is 5.79. The Balaban J connectivity index is 1.87. The number of hydrogen-bond donors (Lipinski definition) is 2. The molecule has 2 N–H and O–H groups in total. The van der Waals surface area contributed by atoms with Gasteiger partial charge in [-0.15, -0.1) is 0 Å². The maximum Gasteiger partial charge on any atom is 0.191 e. The van der Waals surface area contributed by atoms with Crippen LogP contribution in [0.1, 0.15) is 42.9 Å². The molecule has 1 unspecified atom stereocenters. The molecule has 0 amide bonds. The Morgan fingerprint density at radius 1 is 1.28 bits per heavy atom. The fourth-order valence-electron chi connectivity index (χ4n) is 2.28. The van der Waals surface area contributed by atoms with E-state index < -0.39 is 0 Å². The topological polar surface area (TPSA) is 71.7 Å². The van der Waals surface area contributed by atoms with Gasteiger partial charge < -0.3 is 19.9 Å². The molecule has 2 rings (SSSR count). The average Bonchev–Trinajstić information content (AvgIpc) is 3.08. The molecular weight excluding hydrogens is 323 g/mol. The first-order chi connectivity index (χ1) is 12.0. The minimum Gasteiger partial charge on any atom is -0.375 e. The summed E-state index contributed by atoms with van der Waals surface area (Å²) in [5, 5.41) is 10.4. The zero-order valence-corrected chi connectivity index (χ0v) is 15.0. The SMILES string of the molecule is CN=C(NCc1cc(C(C)C)no1)NCC(OC)c1ccc(F)cc1. The van der Waals surface area contributed by atoms with Crippen LogP contribution in [-0.4, -0.2) is 31.8 Å². The Morgan fingerprint density at radius 2 is 2.00 bits per heavy atom. The standard InChI is InChI=1S/C18H25FN4O2/c1-12(2)16-9-15(25-23-16)10-21-18(20-3)22-11-17(24-4)13-5-7-14(19)8-6-13/h5-9,12,17H,10-11H2,1-4H3,(H2,20,21,22). The summed E-state index contributed by atoms with van der Waals surface area (Å²) in [6, 6.07) is 8.20. The normalized spacial score (nSPS) is 13.1. The summed E-state index contributed by atoms with van der Waals surface area (Å²) in [5.74, 6) is 1.42. The van der Waals surface area contributed by atoms with Crippen LogP contribution in [0.25, 0.3) is 0 Å². The maximum absolute atomic E-state index is 13.0. The Labute approximate surface area is 147 Å². The fourth-order valence-corrected chi connectivity index (χ4v) is 2.28. The number of hydrogen-bond acceptors (Lipinski definition) is 4. The van der Waals surface area contributed by atoms with Crippen molar-refractivity contribution in [2.75, 3.05) is 20.7 Å². The van der Waals surface area contributed by atoms with E-state index in [0.717, 1.165) is 17.0 Å². The molecule has 2 aromatic rings. The first-order valence-corrected chi connectivity index (χ1v) is 8.21. The monoisotopic (exact) mass is 348 g/mol. The van der Waals surface area contributed by atoms with Crippen LogP contribution in [-0.2, 0) is 11.3 Å². The Hall–Kier alpha value is -2.41. The van der Waals surface area contributed by atoms with Crippen molar-refractivity contribution in [3.8, 4) is 0 Å². The lowest BCUT2D eigenvalue weighted by Gasteiger charge is -2.18. The van der Waals surface area contributed by atoms with Crippen LogP contribution in [0.2, 0.25) is 0 Å². The second kappa shape index (κ2) is 9.17. The molecule has 136 valence electrons. The molecule has 0 spiro atoms. The van der Waals surface area contributed by atoms with Crippen LogP contribution in [0, 0.1) is 5.82 Å². The lowest BCUT2D eigenvalue weighted by atomic mass is 10.1. The summed E-state index contributed by atoms with van der Waals surface area (Å²) in [5.41, 5.74) is 1.82. The summed E-state index contributed by atoms with van der Waals surface area (Å²) < 4.78 is 23.8. The molecule has 0 aliphatic heterocycles. The number of halogens is 1. The van der Waals surface area contributed by atoms with Crippen molar-refractivity contribution in [2.45, 2.75) is 32.4 Å². The third-order valence-corrected chi connectivity index (χ3v) is 3.80. The van der Waals surface area contributed by atoms with Gasteiger partial charge in [0.1, 0.15) is 5.82 Å². The number of nitrogens with one attached hydrogen (secondary N) is 2. The predicted octanol–water partition coefficient (Wildman–Crippen LogP) is 2.99. The first kappa shape index (κ1) is 18.9. The second-order valence-corrected chi connectivity index (χ2v) is 5.96. The average molecular weight is 348 g/mol. The number of aliphatic imine (C=N–C) groups is 1. The van der Waals surface area contributed by atoms with Crippen LogP contribution in [0.5, 0.6) is 0 Å². The lowest BCUT2D eigenvalue weighted by molar-refractivity contribution is 0.106. The molecule has 0 aliphatic rings. The van der Waals surface area contributed by atoms with Gasteiger partial charge in [-0.2, -0.15) is 0 Å². The number of benzene rings is 1. The van der Waals surface area contributed by atoms with E-state index in [-0.39, 0.29) is 11.9 Å².